The Balaban J connectivity index is 1.89. The lowest BCUT2D eigenvalue weighted by molar-refractivity contribution is -0.137. The molecular weight excluding hydrogens is 284 g/mol. The largest absolute Gasteiger partial charge is 0.296 e. The molecule has 0 radical (unpaired) electrons. The molecule has 1 aliphatic rings. The summed E-state index contributed by atoms with van der Waals surface area (Å²) in [5.41, 5.74) is 2.04. The number of carbonyl (C=O) groups is 2. The second kappa shape index (κ2) is 5.77. The van der Waals surface area contributed by atoms with E-state index in [1.54, 1.807) is 0 Å². The van der Waals surface area contributed by atoms with Gasteiger partial charge in [-0.25, -0.2) is 4.98 Å². The molecule has 1 saturated heterocycles. The smallest absolute Gasteiger partial charge is 0.230 e. The Bertz CT molecular complexity index is 666. The van der Waals surface area contributed by atoms with E-state index in [4.69, 9.17) is 0 Å². The van der Waals surface area contributed by atoms with E-state index in [9.17, 15) is 9.59 Å². The maximum Gasteiger partial charge on any atom is 0.230 e. The van der Waals surface area contributed by atoms with Gasteiger partial charge >= 0.3 is 0 Å². The highest BCUT2D eigenvalue weighted by molar-refractivity contribution is 7.09. The molecule has 4 nitrogen and oxygen atoms in total. The number of benzene rings is 1. The number of amides is 2. The Hall–Kier alpha value is -2.01. The van der Waals surface area contributed by atoms with Crippen LogP contribution in [0.5, 0.6) is 0 Å². The maximum atomic E-state index is 12.2. The molecule has 2 heterocycles. The Kier molecular flexibility index (Phi) is 3.84. The number of piperidine rings is 1. The third kappa shape index (κ3) is 3.03. The van der Waals surface area contributed by atoms with Crippen LogP contribution in [0.4, 0.5) is 0 Å². The monoisotopic (exact) mass is 300 g/mol. The minimum Gasteiger partial charge on any atom is -0.296 e. The second-order valence-electron chi connectivity index (χ2n) is 5.35. The zero-order valence-corrected chi connectivity index (χ0v) is 12.5. The zero-order chi connectivity index (χ0) is 14.8. The summed E-state index contributed by atoms with van der Waals surface area (Å²) >= 11 is 1.53. The van der Waals surface area contributed by atoms with Crippen LogP contribution in [0.15, 0.2) is 35.7 Å². The van der Waals surface area contributed by atoms with Gasteiger partial charge in [0.15, 0.2) is 0 Å². The number of hydrogen-bond donors (Lipinski definition) is 1. The molecule has 5 heteroatoms. The van der Waals surface area contributed by atoms with Crippen molar-refractivity contribution in [1.29, 1.82) is 0 Å². The van der Waals surface area contributed by atoms with Crippen molar-refractivity contribution in [2.45, 2.75) is 25.7 Å². The fourth-order valence-corrected chi connectivity index (χ4v) is 3.67. The third-order valence-electron chi connectivity index (χ3n) is 3.74. The van der Waals surface area contributed by atoms with Gasteiger partial charge in [-0.2, -0.15) is 0 Å². The van der Waals surface area contributed by atoms with Crippen molar-refractivity contribution in [3.63, 3.8) is 0 Å². The Morgan fingerprint density at radius 3 is 2.71 bits per heavy atom. The summed E-state index contributed by atoms with van der Waals surface area (Å²) in [5.74, 6) is -0.754. The predicted octanol–water partition coefficient (Wildman–Crippen LogP) is 2.44. The van der Waals surface area contributed by atoms with E-state index in [1.165, 1.54) is 11.3 Å². The quantitative estimate of drug-likeness (QED) is 0.886. The number of aromatic nitrogens is 1. The predicted molar refractivity (Wildman–Crippen MR) is 81.0 cm³/mol. The van der Waals surface area contributed by atoms with Crippen LogP contribution >= 0.6 is 11.3 Å². The summed E-state index contributed by atoms with van der Waals surface area (Å²) in [5, 5.41) is 5.31. The lowest BCUT2D eigenvalue weighted by Gasteiger charge is -2.28. The highest BCUT2D eigenvalue weighted by atomic mass is 32.1. The van der Waals surface area contributed by atoms with Crippen molar-refractivity contribution in [3.05, 3.63) is 52.0 Å². The number of carbonyl (C=O) groups excluding carboxylic acids is 2. The topological polar surface area (TPSA) is 59.1 Å². The number of nitrogens with one attached hydrogen (secondary N) is 1. The minimum absolute atomic E-state index is 0.120. The van der Waals surface area contributed by atoms with Gasteiger partial charge in [0.05, 0.1) is 10.9 Å². The summed E-state index contributed by atoms with van der Waals surface area (Å²) < 4.78 is 0. The Morgan fingerprint density at radius 1 is 1.29 bits per heavy atom. The second-order valence-corrected chi connectivity index (χ2v) is 6.24. The lowest BCUT2D eigenvalue weighted by Crippen LogP contribution is -2.45. The third-order valence-corrected chi connectivity index (χ3v) is 4.84. The molecule has 1 aromatic heterocycles. The molecule has 0 bridgehead atoms. The number of nitrogens with zero attached hydrogens (tertiary/aromatic N) is 1. The van der Waals surface area contributed by atoms with Gasteiger partial charge in [-0.3, -0.25) is 14.9 Å². The molecule has 2 aromatic rings. The SMILES string of the molecule is Cc1csc(C2CC(=O)NC(=O)C2Cc2ccccc2)n1. The molecule has 1 N–H and O–H groups in total. The molecule has 2 amide bonds. The highest BCUT2D eigenvalue weighted by Crippen LogP contribution is 2.35. The minimum atomic E-state index is -0.240. The van der Waals surface area contributed by atoms with Crippen molar-refractivity contribution < 1.29 is 9.59 Å². The zero-order valence-electron chi connectivity index (χ0n) is 11.7. The molecule has 2 atom stereocenters. The van der Waals surface area contributed by atoms with Crippen LogP contribution in [0.2, 0.25) is 0 Å². The normalized spacial score (nSPS) is 22.1. The number of imide groups is 1. The van der Waals surface area contributed by atoms with E-state index >= 15 is 0 Å². The summed E-state index contributed by atoms with van der Waals surface area (Å²) in [6, 6.07) is 9.89. The molecule has 1 fully saturated rings. The van der Waals surface area contributed by atoms with Crippen LogP contribution in [0, 0.1) is 12.8 Å². The summed E-state index contributed by atoms with van der Waals surface area (Å²) in [6.07, 6.45) is 0.958. The number of hydrogen-bond acceptors (Lipinski definition) is 4. The van der Waals surface area contributed by atoms with Crippen LogP contribution in [-0.4, -0.2) is 16.8 Å². The number of thiazole rings is 1. The van der Waals surface area contributed by atoms with Crippen LogP contribution in [-0.2, 0) is 16.0 Å². The molecule has 21 heavy (non-hydrogen) atoms. The molecular formula is C16H16N2O2S. The molecule has 0 saturated carbocycles. The van der Waals surface area contributed by atoms with Gasteiger partial charge in [0.2, 0.25) is 11.8 Å². The van der Waals surface area contributed by atoms with E-state index < -0.39 is 0 Å². The summed E-state index contributed by atoms with van der Waals surface area (Å²) in [6.45, 7) is 1.93. The molecule has 0 aliphatic carbocycles. The van der Waals surface area contributed by atoms with Crippen molar-refractivity contribution >= 4 is 23.2 Å². The van der Waals surface area contributed by atoms with Gasteiger partial charge in [0.1, 0.15) is 0 Å². The van der Waals surface area contributed by atoms with E-state index in [1.807, 2.05) is 42.6 Å². The Morgan fingerprint density at radius 2 is 2.05 bits per heavy atom. The first-order valence-corrected chi connectivity index (χ1v) is 7.81. The van der Waals surface area contributed by atoms with Crippen LogP contribution in [0.1, 0.15) is 28.6 Å². The molecule has 1 aromatic carbocycles. The molecule has 3 rings (SSSR count). The van der Waals surface area contributed by atoms with Gasteiger partial charge in [-0.1, -0.05) is 30.3 Å². The van der Waals surface area contributed by atoms with Gasteiger partial charge in [-0.05, 0) is 18.9 Å². The average molecular weight is 300 g/mol. The van der Waals surface area contributed by atoms with Crippen molar-refractivity contribution in [2.24, 2.45) is 5.92 Å². The first-order chi connectivity index (χ1) is 10.1. The number of rotatable bonds is 3. The van der Waals surface area contributed by atoms with E-state index in [0.717, 1.165) is 16.3 Å². The van der Waals surface area contributed by atoms with E-state index in [2.05, 4.69) is 10.3 Å². The van der Waals surface area contributed by atoms with Gasteiger partial charge in [-0.15, -0.1) is 11.3 Å². The van der Waals surface area contributed by atoms with Gasteiger partial charge in [0.25, 0.3) is 0 Å². The standard InChI is InChI=1S/C16H16N2O2S/c1-10-9-21-16(17-10)13-8-14(19)18-15(20)12(13)7-11-5-3-2-4-6-11/h2-6,9,12-13H,7-8H2,1H3,(H,18,19,20). The van der Waals surface area contributed by atoms with Gasteiger partial charge in [0, 0.05) is 23.4 Å². The molecule has 1 aliphatic heterocycles. The first-order valence-electron chi connectivity index (χ1n) is 6.93. The highest BCUT2D eigenvalue weighted by Gasteiger charge is 2.38. The maximum absolute atomic E-state index is 12.2. The van der Waals surface area contributed by atoms with Crippen LogP contribution in [0.3, 0.4) is 0 Å². The van der Waals surface area contributed by atoms with Crippen molar-refractivity contribution in [3.8, 4) is 0 Å². The van der Waals surface area contributed by atoms with Gasteiger partial charge < -0.3 is 0 Å². The van der Waals surface area contributed by atoms with Crippen LogP contribution in [0.25, 0.3) is 0 Å². The van der Waals surface area contributed by atoms with Crippen LogP contribution < -0.4 is 5.32 Å². The van der Waals surface area contributed by atoms with Crippen molar-refractivity contribution in [1.82, 2.24) is 10.3 Å². The average Bonchev–Trinajstić information content (AvgIpc) is 2.89. The number of aryl methyl sites for hydroxylation is 1. The molecule has 108 valence electrons. The first kappa shape index (κ1) is 13.9. The fourth-order valence-electron chi connectivity index (χ4n) is 2.71. The van der Waals surface area contributed by atoms with E-state index in [0.29, 0.717) is 12.8 Å². The van der Waals surface area contributed by atoms with Crippen molar-refractivity contribution in [2.75, 3.05) is 0 Å². The fraction of sp³-hybridized carbons (Fsp3) is 0.312. The summed E-state index contributed by atoms with van der Waals surface area (Å²) in [4.78, 5) is 28.4. The summed E-state index contributed by atoms with van der Waals surface area (Å²) in [7, 11) is 0. The molecule has 2 unspecified atom stereocenters. The van der Waals surface area contributed by atoms with E-state index in [-0.39, 0.29) is 23.7 Å². The molecule has 0 spiro atoms. The Labute approximate surface area is 127 Å². The lowest BCUT2D eigenvalue weighted by atomic mass is 9.81.